The molecule has 1 aliphatic carbocycles. The summed E-state index contributed by atoms with van der Waals surface area (Å²) in [4.78, 5) is 11.0. The van der Waals surface area contributed by atoms with Gasteiger partial charge in [0, 0.05) is 5.92 Å². The molecule has 0 bridgehead atoms. The molecule has 1 aliphatic rings. The van der Waals surface area contributed by atoms with Crippen LogP contribution in [0.1, 0.15) is 50.0 Å². The first-order valence-corrected chi connectivity index (χ1v) is 5.82. The van der Waals surface area contributed by atoms with E-state index >= 15 is 0 Å². The van der Waals surface area contributed by atoms with E-state index in [1.807, 2.05) is 0 Å². The van der Waals surface area contributed by atoms with E-state index in [1.54, 1.807) is 13.0 Å². The number of halogens is 1. The van der Waals surface area contributed by atoms with Crippen molar-refractivity contribution in [3.63, 3.8) is 0 Å². The minimum Gasteiger partial charge on any atom is -0.464 e. The molecule has 0 N–H and O–H groups in total. The number of carbonyl (C=O) groups is 1. The van der Waals surface area contributed by atoms with Crippen LogP contribution in [-0.2, 0) is 11.2 Å². The average molecular weight is 227 g/mol. The highest BCUT2D eigenvalue weighted by Gasteiger charge is 2.23. The Kier molecular flexibility index (Phi) is 3.15. The van der Waals surface area contributed by atoms with Crippen molar-refractivity contribution in [2.24, 2.45) is 0 Å². The van der Waals surface area contributed by atoms with Crippen molar-refractivity contribution in [3.8, 4) is 0 Å². The van der Waals surface area contributed by atoms with Crippen LogP contribution in [0.5, 0.6) is 0 Å². The Morgan fingerprint density at radius 3 is 2.80 bits per heavy atom. The summed E-state index contributed by atoms with van der Waals surface area (Å²) in [7, 11) is 0. The van der Waals surface area contributed by atoms with Crippen LogP contribution in [-0.4, -0.2) is 5.78 Å². The molecular weight excluding hydrogens is 212 g/mol. The van der Waals surface area contributed by atoms with Crippen molar-refractivity contribution in [2.45, 2.75) is 44.9 Å². The van der Waals surface area contributed by atoms with Crippen molar-refractivity contribution < 1.29 is 9.21 Å². The SMILES string of the molecule is CC(=O)Cc1cc(Cl)c(C2CCCC2)o1. The third-order valence-corrected chi connectivity index (χ3v) is 3.21. The molecule has 15 heavy (non-hydrogen) atoms. The zero-order valence-corrected chi connectivity index (χ0v) is 9.64. The number of hydrogen-bond acceptors (Lipinski definition) is 2. The maximum atomic E-state index is 11.0. The number of rotatable bonds is 3. The summed E-state index contributed by atoms with van der Waals surface area (Å²) < 4.78 is 5.66. The topological polar surface area (TPSA) is 30.2 Å². The van der Waals surface area contributed by atoms with E-state index in [0.29, 0.717) is 23.1 Å². The predicted octanol–water partition coefficient (Wildman–Crippen LogP) is 3.72. The van der Waals surface area contributed by atoms with Gasteiger partial charge in [0.1, 0.15) is 17.3 Å². The summed E-state index contributed by atoms with van der Waals surface area (Å²) in [5.74, 6) is 2.18. The normalized spacial score (nSPS) is 17.2. The van der Waals surface area contributed by atoms with E-state index < -0.39 is 0 Å². The van der Waals surface area contributed by atoms with Gasteiger partial charge in [0.05, 0.1) is 11.4 Å². The Balaban J connectivity index is 2.17. The highest BCUT2D eigenvalue weighted by molar-refractivity contribution is 6.31. The van der Waals surface area contributed by atoms with E-state index in [1.165, 1.54) is 12.8 Å². The molecule has 1 heterocycles. The second-order valence-electron chi connectivity index (χ2n) is 4.29. The van der Waals surface area contributed by atoms with Crippen LogP contribution >= 0.6 is 11.6 Å². The quantitative estimate of drug-likeness (QED) is 0.786. The van der Waals surface area contributed by atoms with Gasteiger partial charge in [0.15, 0.2) is 0 Å². The van der Waals surface area contributed by atoms with Gasteiger partial charge in [-0.25, -0.2) is 0 Å². The summed E-state index contributed by atoms with van der Waals surface area (Å²) in [6, 6.07) is 1.79. The van der Waals surface area contributed by atoms with Crippen molar-refractivity contribution in [1.29, 1.82) is 0 Å². The standard InChI is InChI=1S/C12H15ClO2/c1-8(14)6-10-7-11(13)12(15-10)9-4-2-3-5-9/h7,9H,2-6H2,1H3. The first kappa shape index (κ1) is 10.7. The number of furan rings is 1. The lowest BCUT2D eigenvalue weighted by Gasteiger charge is -2.04. The molecule has 1 fully saturated rings. The first-order valence-electron chi connectivity index (χ1n) is 5.44. The van der Waals surface area contributed by atoms with Gasteiger partial charge in [-0.15, -0.1) is 0 Å². The molecule has 82 valence electrons. The second kappa shape index (κ2) is 4.40. The molecule has 2 rings (SSSR count). The van der Waals surface area contributed by atoms with E-state index in [9.17, 15) is 4.79 Å². The highest BCUT2D eigenvalue weighted by atomic mass is 35.5. The van der Waals surface area contributed by atoms with E-state index in [4.69, 9.17) is 16.0 Å². The summed E-state index contributed by atoms with van der Waals surface area (Å²) >= 11 is 6.10. The van der Waals surface area contributed by atoms with Crippen LogP contribution in [0.4, 0.5) is 0 Å². The van der Waals surface area contributed by atoms with Gasteiger partial charge in [-0.1, -0.05) is 24.4 Å². The maximum absolute atomic E-state index is 11.0. The lowest BCUT2D eigenvalue weighted by Crippen LogP contribution is -1.94. The van der Waals surface area contributed by atoms with Crippen molar-refractivity contribution >= 4 is 17.4 Å². The minimum absolute atomic E-state index is 0.110. The van der Waals surface area contributed by atoms with E-state index in [2.05, 4.69) is 0 Å². The lowest BCUT2D eigenvalue weighted by atomic mass is 10.1. The molecule has 0 amide bonds. The fourth-order valence-electron chi connectivity index (χ4n) is 2.23. The van der Waals surface area contributed by atoms with E-state index in [-0.39, 0.29) is 5.78 Å². The van der Waals surface area contributed by atoms with Gasteiger partial charge in [-0.3, -0.25) is 4.79 Å². The highest BCUT2D eigenvalue weighted by Crippen LogP contribution is 2.39. The van der Waals surface area contributed by atoms with Crippen LogP contribution in [0.25, 0.3) is 0 Å². The van der Waals surface area contributed by atoms with Crippen LogP contribution in [0.15, 0.2) is 10.5 Å². The average Bonchev–Trinajstić information content (AvgIpc) is 2.72. The second-order valence-corrected chi connectivity index (χ2v) is 4.69. The molecule has 0 spiro atoms. The third kappa shape index (κ3) is 2.43. The van der Waals surface area contributed by atoms with Crippen molar-refractivity contribution in [3.05, 3.63) is 22.6 Å². The Bertz CT molecular complexity index is 362. The summed E-state index contributed by atoms with van der Waals surface area (Å²) in [6.07, 6.45) is 5.18. The summed E-state index contributed by atoms with van der Waals surface area (Å²) in [5, 5.41) is 0.693. The van der Waals surface area contributed by atoms with Gasteiger partial charge in [0.2, 0.25) is 0 Å². The molecule has 2 nitrogen and oxygen atoms in total. The molecule has 0 aliphatic heterocycles. The molecule has 0 aromatic carbocycles. The Morgan fingerprint density at radius 1 is 1.53 bits per heavy atom. The first-order chi connectivity index (χ1) is 7.16. The molecule has 0 unspecified atom stereocenters. The van der Waals surface area contributed by atoms with Crippen molar-refractivity contribution in [2.75, 3.05) is 0 Å². The molecular formula is C12H15ClO2. The zero-order chi connectivity index (χ0) is 10.8. The monoisotopic (exact) mass is 226 g/mol. The fourth-order valence-corrected chi connectivity index (χ4v) is 2.55. The number of ketones is 1. The fraction of sp³-hybridized carbons (Fsp3) is 0.583. The molecule has 3 heteroatoms. The third-order valence-electron chi connectivity index (χ3n) is 2.91. The molecule has 1 aromatic rings. The minimum atomic E-state index is 0.110. The predicted molar refractivity (Wildman–Crippen MR) is 59.3 cm³/mol. The molecule has 0 atom stereocenters. The molecule has 0 saturated heterocycles. The van der Waals surface area contributed by atoms with Gasteiger partial charge >= 0.3 is 0 Å². The van der Waals surface area contributed by atoms with Crippen LogP contribution < -0.4 is 0 Å². The Hall–Kier alpha value is -0.760. The maximum Gasteiger partial charge on any atom is 0.137 e. The molecule has 1 saturated carbocycles. The summed E-state index contributed by atoms with van der Waals surface area (Å²) in [6.45, 7) is 1.56. The van der Waals surface area contributed by atoms with Gasteiger partial charge < -0.3 is 4.42 Å². The molecule has 0 radical (unpaired) electrons. The van der Waals surface area contributed by atoms with Gasteiger partial charge in [-0.05, 0) is 25.8 Å². The van der Waals surface area contributed by atoms with Crippen LogP contribution in [0, 0.1) is 0 Å². The molecule has 1 aromatic heterocycles. The van der Waals surface area contributed by atoms with E-state index in [0.717, 1.165) is 18.6 Å². The Morgan fingerprint density at radius 2 is 2.20 bits per heavy atom. The summed E-state index contributed by atoms with van der Waals surface area (Å²) in [5.41, 5.74) is 0. The Labute approximate surface area is 94.6 Å². The lowest BCUT2D eigenvalue weighted by molar-refractivity contribution is -0.116. The number of carbonyl (C=O) groups excluding carboxylic acids is 1. The van der Waals surface area contributed by atoms with Gasteiger partial charge in [0.25, 0.3) is 0 Å². The van der Waals surface area contributed by atoms with Gasteiger partial charge in [-0.2, -0.15) is 0 Å². The van der Waals surface area contributed by atoms with Crippen LogP contribution in [0.3, 0.4) is 0 Å². The van der Waals surface area contributed by atoms with Crippen LogP contribution in [0.2, 0.25) is 5.02 Å². The smallest absolute Gasteiger partial charge is 0.137 e. The van der Waals surface area contributed by atoms with Crippen molar-refractivity contribution in [1.82, 2.24) is 0 Å². The number of hydrogen-bond donors (Lipinski definition) is 0. The largest absolute Gasteiger partial charge is 0.464 e. The number of Topliss-reactive ketones (excluding diaryl/α,β-unsaturated/α-hetero) is 1. The zero-order valence-electron chi connectivity index (χ0n) is 8.88.